The molecule has 1 saturated heterocycles. The first-order valence-electron chi connectivity index (χ1n) is 7.90. The second-order valence-electron chi connectivity index (χ2n) is 5.47. The highest BCUT2D eigenvalue weighted by molar-refractivity contribution is 6.05. The Labute approximate surface area is 156 Å². The smallest absolute Gasteiger partial charge is 0.387 e. The van der Waals surface area contributed by atoms with E-state index in [-0.39, 0.29) is 23.7 Å². The van der Waals surface area contributed by atoms with E-state index in [1.165, 1.54) is 18.2 Å². The number of carbonyl (C=O) groups is 1. The molecule has 9 heteroatoms. The van der Waals surface area contributed by atoms with Crippen LogP contribution in [0.25, 0.3) is 0 Å². The number of ether oxygens (including phenoxy) is 1. The summed E-state index contributed by atoms with van der Waals surface area (Å²) in [6, 6.07) is 9.40. The first kappa shape index (κ1) is 19.9. The number of carbonyl (C=O) groups excluding carboxylic acids is 1. The van der Waals surface area contributed by atoms with Gasteiger partial charge in [-0.1, -0.05) is 12.1 Å². The first-order valence-corrected chi connectivity index (χ1v) is 7.90. The van der Waals surface area contributed by atoms with Gasteiger partial charge in [-0.3, -0.25) is 4.79 Å². The number of halogens is 3. The predicted octanol–water partition coefficient (Wildman–Crippen LogP) is 2.77. The summed E-state index contributed by atoms with van der Waals surface area (Å²) in [7, 11) is 0. The average Bonchev–Trinajstić information content (AvgIpc) is 2.63. The molecule has 2 aromatic rings. The summed E-state index contributed by atoms with van der Waals surface area (Å²) < 4.78 is 29.2. The van der Waals surface area contributed by atoms with Gasteiger partial charge in [0.1, 0.15) is 11.6 Å². The number of rotatable bonds is 5. The zero-order valence-electron chi connectivity index (χ0n) is 13.8. The molecule has 140 valence electrons. The van der Waals surface area contributed by atoms with E-state index in [1.54, 1.807) is 18.3 Å². The lowest BCUT2D eigenvalue weighted by Crippen LogP contribution is -2.43. The largest absolute Gasteiger partial charge is 0.434 e. The van der Waals surface area contributed by atoms with Gasteiger partial charge in [0.2, 0.25) is 0 Å². The number of nitrogens with one attached hydrogen (secondary N) is 2. The molecule has 2 heterocycles. The molecule has 1 aliphatic rings. The van der Waals surface area contributed by atoms with Crippen molar-refractivity contribution in [2.45, 2.75) is 6.61 Å². The summed E-state index contributed by atoms with van der Waals surface area (Å²) in [5.41, 5.74) is 0.997. The molecule has 6 nitrogen and oxygen atoms in total. The maximum absolute atomic E-state index is 12.4. The fraction of sp³-hybridized carbons (Fsp3) is 0.294. The molecule has 1 aromatic carbocycles. The standard InChI is InChI=1S/C17H18F2N4O2.ClH/c18-17(19)25-14-4-2-1-3-13(14)16(24)22-15-6-5-12(11-21-15)23-9-7-20-8-10-23;/h1-6,11,17,20H,7-10H2,(H,21,22,24);1H. The molecule has 0 aliphatic carbocycles. The first-order chi connectivity index (χ1) is 12.1. The van der Waals surface area contributed by atoms with Crippen molar-refractivity contribution in [2.75, 3.05) is 36.4 Å². The maximum Gasteiger partial charge on any atom is 0.387 e. The van der Waals surface area contributed by atoms with E-state index < -0.39 is 12.5 Å². The fourth-order valence-corrected chi connectivity index (χ4v) is 2.61. The number of nitrogens with zero attached hydrogens (tertiary/aromatic N) is 2. The third-order valence-corrected chi connectivity index (χ3v) is 3.82. The van der Waals surface area contributed by atoms with Crippen LogP contribution in [-0.4, -0.2) is 43.7 Å². The van der Waals surface area contributed by atoms with Crippen molar-refractivity contribution in [3.8, 4) is 5.75 Å². The lowest BCUT2D eigenvalue weighted by Gasteiger charge is -2.29. The molecule has 1 amide bonds. The van der Waals surface area contributed by atoms with Gasteiger partial charge in [-0.15, -0.1) is 12.4 Å². The van der Waals surface area contributed by atoms with Crippen molar-refractivity contribution < 1.29 is 18.3 Å². The Balaban J connectivity index is 0.00000243. The number of para-hydroxylation sites is 1. The molecule has 1 fully saturated rings. The van der Waals surface area contributed by atoms with E-state index in [0.29, 0.717) is 5.82 Å². The minimum Gasteiger partial charge on any atom is -0.434 e. The van der Waals surface area contributed by atoms with Gasteiger partial charge in [0.25, 0.3) is 5.91 Å². The number of piperazine rings is 1. The molecule has 2 N–H and O–H groups in total. The van der Waals surface area contributed by atoms with Crippen LogP contribution in [0.2, 0.25) is 0 Å². The molecule has 0 spiro atoms. The molecule has 3 rings (SSSR count). The molecule has 1 aliphatic heterocycles. The number of hydrogen-bond acceptors (Lipinski definition) is 5. The lowest BCUT2D eigenvalue weighted by molar-refractivity contribution is -0.0501. The minimum absolute atomic E-state index is 0. The summed E-state index contributed by atoms with van der Waals surface area (Å²) in [6.45, 7) is 0.626. The summed E-state index contributed by atoms with van der Waals surface area (Å²) in [6.07, 6.45) is 1.68. The second kappa shape index (κ2) is 9.30. The van der Waals surface area contributed by atoms with E-state index in [9.17, 15) is 13.6 Å². The quantitative estimate of drug-likeness (QED) is 0.829. The molecule has 0 saturated carbocycles. The molecule has 0 atom stereocenters. The fourth-order valence-electron chi connectivity index (χ4n) is 2.61. The van der Waals surface area contributed by atoms with Gasteiger partial charge in [0.05, 0.1) is 17.4 Å². The predicted molar refractivity (Wildman–Crippen MR) is 97.6 cm³/mol. The molecule has 0 unspecified atom stereocenters. The van der Waals surface area contributed by atoms with Gasteiger partial charge in [0.15, 0.2) is 0 Å². The number of amides is 1. The van der Waals surface area contributed by atoms with E-state index in [1.807, 2.05) is 6.07 Å². The van der Waals surface area contributed by atoms with E-state index in [0.717, 1.165) is 31.9 Å². The van der Waals surface area contributed by atoms with Gasteiger partial charge in [0, 0.05) is 26.2 Å². The van der Waals surface area contributed by atoms with Crippen LogP contribution in [0.1, 0.15) is 10.4 Å². The Kier molecular flexibility index (Phi) is 7.11. The zero-order valence-corrected chi connectivity index (χ0v) is 14.6. The molecule has 0 radical (unpaired) electrons. The Hall–Kier alpha value is -2.45. The van der Waals surface area contributed by atoms with Crippen molar-refractivity contribution in [1.82, 2.24) is 10.3 Å². The normalized spacial score (nSPS) is 13.9. The molecule has 1 aromatic heterocycles. The Morgan fingerprint density at radius 3 is 2.58 bits per heavy atom. The highest BCUT2D eigenvalue weighted by Gasteiger charge is 2.16. The number of pyridine rings is 1. The Morgan fingerprint density at radius 1 is 1.19 bits per heavy atom. The zero-order chi connectivity index (χ0) is 17.6. The third-order valence-electron chi connectivity index (χ3n) is 3.82. The van der Waals surface area contributed by atoms with Gasteiger partial charge in [-0.2, -0.15) is 8.78 Å². The van der Waals surface area contributed by atoms with E-state index in [4.69, 9.17) is 0 Å². The SMILES string of the molecule is Cl.O=C(Nc1ccc(N2CCNCC2)cn1)c1ccccc1OC(F)F. The van der Waals surface area contributed by atoms with Crippen LogP contribution in [-0.2, 0) is 0 Å². The molecule has 26 heavy (non-hydrogen) atoms. The monoisotopic (exact) mass is 384 g/mol. The molecule has 0 bridgehead atoms. The Morgan fingerprint density at radius 2 is 1.92 bits per heavy atom. The highest BCUT2D eigenvalue weighted by atomic mass is 35.5. The van der Waals surface area contributed by atoms with Crippen LogP contribution in [0.3, 0.4) is 0 Å². The van der Waals surface area contributed by atoms with Gasteiger partial charge < -0.3 is 20.3 Å². The van der Waals surface area contributed by atoms with Crippen molar-refractivity contribution in [3.63, 3.8) is 0 Å². The Bertz CT molecular complexity index is 725. The number of hydrogen-bond donors (Lipinski definition) is 2. The van der Waals surface area contributed by atoms with Gasteiger partial charge in [-0.05, 0) is 24.3 Å². The van der Waals surface area contributed by atoms with Crippen LogP contribution < -0.4 is 20.3 Å². The van der Waals surface area contributed by atoms with Gasteiger partial charge >= 0.3 is 6.61 Å². The molecular weight excluding hydrogens is 366 g/mol. The number of aromatic nitrogens is 1. The minimum atomic E-state index is -3.00. The van der Waals surface area contributed by atoms with Crippen LogP contribution in [0.4, 0.5) is 20.3 Å². The van der Waals surface area contributed by atoms with Crippen molar-refractivity contribution in [1.29, 1.82) is 0 Å². The summed E-state index contributed by atoms with van der Waals surface area (Å²) in [4.78, 5) is 18.7. The third kappa shape index (κ3) is 5.03. The van der Waals surface area contributed by atoms with E-state index in [2.05, 4.69) is 25.3 Å². The number of benzene rings is 1. The van der Waals surface area contributed by atoms with E-state index >= 15 is 0 Å². The topological polar surface area (TPSA) is 66.5 Å². The van der Waals surface area contributed by atoms with Crippen LogP contribution in [0.15, 0.2) is 42.6 Å². The highest BCUT2D eigenvalue weighted by Crippen LogP contribution is 2.22. The molecular formula is C17H19ClF2N4O2. The van der Waals surface area contributed by atoms with Crippen LogP contribution in [0.5, 0.6) is 5.75 Å². The van der Waals surface area contributed by atoms with Crippen LogP contribution in [0, 0.1) is 0 Å². The number of anilines is 2. The van der Waals surface area contributed by atoms with Gasteiger partial charge in [-0.25, -0.2) is 4.98 Å². The lowest BCUT2D eigenvalue weighted by atomic mass is 10.2. The second-order valence-corrected chi connectivity index (χ2v) is 5.47. The van der Waals surface area contributed by atoms with Crippen molar-refractivity contribution in [2.24, 2.45) is 0 Å². The van der Waals surface area contributed by atoms with Crippen molar-refractivity contribution >= 4 is 29.8 Å². The summed E-state index contributed by atoms with van der Waals surface area (Å²) >= 11 is 0. The average molecular weight is 385 g/mol. The van der Waals surface area contributed by atoms with Crippen LogP contribution >= 0.6 is 12.4 Å². The van der Waals surface area contributed by atoms with Crippen molar-refractivity contribution in [3.05, 3.63) is 48.2 Å². The summed E-state index contributed by atoms with van der Waals surface area (Å²) in [5.74, 6) is -0.387. The summed E-state index contributed by atoms with van der Waals surface area (Å²) in [5, 5.41) is 5.87. The number of alkyl halides is 2. The maximum atomic E-state index is 12.4.